The van der Waals surface area contributed by atoms with Crippen molar-refractivity contribution in [2.75, 3.05) is 0 Å². The van der Waals surface area contributed by atoms with E-state index in [9.17, 15) is 19.5 Å². The molecule has 1 aromatic heterocycles. The Bertz CT molecular complexity index is 1190. The summed E-state index contributed by atoms with van der Waals surface area (Å²) in [6.45, 7) is 11.1. The van der Waals surface area contributed by atoms with Gasteiger partial charge in [0.15, 0.2) is 5.76 Å². The second-order valence-corrected chi connectivity index (χ2v) is 12.7. The van der Waals surface area contributed by atoms with Crippen LogP contribution in [-0.2, 0) is 23.9 Å². The molecule has 1 saturated heterocycles. The molecule has 1 aromatic rings. The Morgan fingerprint density at radius 2 is 1.89 bits per heavy atom. The van der Waals surface area contributed by atoms with E-state index in [1.54, 1.807) is 26.4 Å². The fraction of sp³-hybridized carbons (Fsp3) is 0.679. The van der Waals surface area contributed by atoms with E-state index in [2.05, 4.69) is 6.92 Å². The summed E-state index contributed by atoms with van der Waals surface area (Å²) in [5.74, 6) is -1.44. The van der Waals surface area contributed by atoms with Gasteiger partial charge >= 0.3 is 5.97 Å². The fourth-order valence-corrected chi connectivity index (χ4v) is 9.68. The van der Waals surface area contributed by atoms with Gasteiger partial charge in [0.2, 0.25) is 5.78 Å². The van der Waals surface area contributed by atoms with Gasteiger partial charge in [-0.15, -0.1) is 0 Å². The summed E-state index contributed by atoms with van der Waals surface area (Å²) < 4.78 is 18.0. The fourth-order valence-electron chi connectivity index (χ4n) is 9.68. The van der Waals surface area contributed by atoms with E-state index in [4.69, 9.17) is 13.9 Å². The van der Waals surface area contributed by atoms with Crippen molar-refractivity contribution >= 4 is 17.5 Å². The van der Waals surface area contributed by atoms with Crippen molar-refractivity contribution in [3.8, 4) is 0 Å². The minimum atomic E-state index is -1.12. The third kappa shape index (κ3) is 2.35. The molecule has 0 aromatic carbocycles. The average Bonchev–Trinajstić information content (AvgIpc) is 3.13. The van der Waals surface area contributed by atoms with Crippen LogP contribution in [0.2, 0.25) is 0 Å². The third-order valence-electron chi connectivity index (χ3n) is 10.8. The van der Waals surface area contributed by atoms with Gasteiger partial charge in [-0.1, -0.05) is 13.8 Å². The minimum Gasteiger partial charge on any atom is -0.504 e. The van der Waals surface area contributed by atoms with Gasteiger partial charge in [0, 0.05) is 35.5 Å². The molecule has 7 heteroatoms. The predicted octanol–water partition coefficient (Wildman–Crippen LogP) is 4.66. The SMILES string of the molecule is CC(=O)O[C@@H]1C[C@@]2(C)[C@H](c3ccoc3)C[C@H]3O[C@]32[C@]2(C)C(=O)C(O)=C3C(C)(C)C(=O)CC[C@]3(C)[C@@H]12. The highest BCUT2D eigenvalue weighted by Gasteiger charge is 2.89. The molecular formula is C28H34O7. The molecule has 35 heavy (non-hydrogen) atoms. The molecule has 1 aliphatic heterocycles. The lowest BCUT2D eigenvalue weighted by Crippen LogP contribution is -2.71. The largest absolute Gasteiger partial charge is 0.504 e. The van der Waals surface area contributed by atoms with Gasteiger partial charge in [-0.25, -0.2) is 0 Å². The zero-order valence-corrected chi connectivity index (χ0v) is 21.3. The van der Waals surface area contributed by atoms with Gasteiger partial charge < -0.3 is 19.0 Å². The van der Waals surface area contributed by atoms with Crippen LogP contribution < -0.4 is 0 Å². The van der Waals surface area contributed by atoms with E-state index in [1.807, 2.05) is 19.9 Å². The smallest absolute Gasteiger partial charge is 0.302 e. The predicted molar refractivity (Wildman–Crippen MR) is 124 cm³/mol. The van der Waals surface area contributed by atoms with E-state index in [0.29, 0.717) is 24.8 Å². The van der Waals surface area contributed by atoms with Crippen LogP contribution in [0, 0.1) is 27.6 Å². The second kappa shape index (κ2) is 6.47. The highest BCUT2D eigenvalue weighted by atomic mass is 16.6. The number of Topliss-reactive ketones (excluding diaryl/α,β-unsaturated/α-hetero) is 2. The number of furan rings is 1. The summed E-state index contributed by atoms with van der Waals surface area (Å²) in [5.41, 5.74) is -2.58. The van der Waals surface area contributed by atoms with Crippen molar-refractivity contribution in [1.82, 2.24) is 0 Å². The molecule has 188 valence electrons. The second-order valence-electron chi connectivity index (χ2n) is 12.7. The van der Waals surface area contributed by atoms with Gasteiger partial charge in [-0.05, 0) is 63.2 Å². The van der Waals surface area contributed by atoms with Crippen LogP contribution in [0.5, 0.6) is 0 Å². The van der Waals surface area contributed by atoms with Gasteiger partial charge in [0.25, 0.3) is 0 Å². The van der Waals surface area contributed by atoms with Crippen molar-refractivity contribution < 1.29 is 33.4 Å². The lowest BCUT2D eigenvalue weighted by Gasteiger charge is -2.65. The van der Waals surface area contributed by atoms with Gasteiger partial charge in [0.05, 0.1) is 24.0 Å². The first kappa shape index (κ1) is 23.0. The van der Waals surface area contributed by atoms with E-state index in [1.165, 1.54) is 6.92 Å². The first-order chi connectivity index (χ1) is 16.3. The molecule has 1 N–H and O–H groups in total. The molecule has 2 heterocycles. The number of epoxide rings is 1. The summed E-state index contributed by atoms with van der Waals surface area (Å²) in [6, 6.07) is 1.96. The topological polar surface area (TPSA) is 106 Å². The maximum absolute atomic E-state index is 14.4. The first-order valence-corrected chi connectivity index (χ1v) is 12.7. The van der Waals surface area contributed by atoms with Crippen LogP contribution in [0.25, 0.3) is 0 Å². The van der Waals surface area contributed by atoms with Gasteiger partial charge in [0.1, 0.15) is 17.5 Å². The van der Waals surface area contributed by atoms with E-state index < -0.39 is 51.0 Å². The van der Waals surface area contributed by atoms with Gasteiger partial charge in [-0.2, -0.15) is 0 Å². The molecule has 0 unspecified atom stereocenters. The molecule has 8 atom stereocenters. The Hall–Kier alpha value is -2.41. The highest BCUT2D eigenvalue weighted by Crippen LogP contribution is 2.81. The Morgan fingerprint density at radius 3 is 2.51 bits per heavy atom. The number of rotatable bonds is 2. The normalized spacial score (nSPS) is 47.5. The van der Waals surface area contributed by atoms with Crippen LogP contribution in [0.4, 0.5) is 0 Å². The lowest BCUT2D eigenvalue weighted by molar-refractivity contribution is -0.207. The number of hydrogen-bond donors (Lipinski definition) is 1. The number of carbonyl (C=O) groups is 3. The molecule has 7 nitrogen and oxygen atoms in total. The maximum Gasteiger partial charge on any atom is 0.302 e. The number of hydrogen-bond acceptors (Lipinski definition) is 7. The van der Waals surface area contributed by atoms with Crippen LogP contribution in [0.3, 0.4) is 0 Å². The number of ether oxygens (including phenoxy) is 2. The standard InChI is InChI=1S/C28H34O7/c1-14(29)34-17-12-26(5)16(15-8-10-33-13-15)11-19-28(26,35-19)27(6)21(17)25(4)9-7-18(30)24(2,3)22(25)20(31)23(27)32/h8,10,13,16-17,19,21,31H,7,9,11-12H2,1-6H3/t16-,17+,19+,21+,25+,26-,27-,28+/m0/s1. The molecule has 4 fully saturated rings. The third-order valence-corrected chi connectivity index (χ3v) is 10.8. The highest BCUT2D eigenvalue weighted by molar-refractivity contribution is 6.04. The molecule has 3 saturated carbocycles. The first-order valence-electron chi connectivity index (χ1n) is 12.7. The van der Waals surface area contributed by atoms with Gasteiger partial charge in [-0.3, -0.25) is 14.4 Å². The monoisotopic (exact) mass is 482 g/mol. The lowest BCUT2D eigenvalue weighted by atomic mass is 9.38. The van der Waals surface area contributed by atoms with E-state index >= 15 is 0 Å². The van der Waals surface area contributed by atoms with Crippen molar-refractivity contribution in [3.05, 3.63) is 35.5 Å². The summed E-state index contributed by atoms with van der Waals surface area (Å²) in [4.78, 5) is 39.7. The maximum atomic E-state index is 14.4. The molecule has 0 amide bonds. The minimum absolute atomic E-state index is 0.0113. The summed E-state index contributed by atoms with van der Waals surface area (Å²) in [5, 5.41) is 11.6. The molecule has 4 aliphatic carbocycles. The number of carbonyl (C=O) groups excluding carboxylic acids is 3. The summed E-state index contributed by atoms with van der Waals surface area (Å²) in [6.07, 6.45) is 4.80. The van der Waals surface area contributed by atoms with E-state index in [-0.39, 0.29) is 23.6 Å². The zero-order chi connectivity index (χ0) is 25.3. The molecule has 5 aliphatic rings. The summed E-state index contributed by atoms with van der Waals surface area (Å²) in [7, 11) is 0. The number of esters is 1. The van der Waals surface area contributed by atoms with Crippen LogP contribution >= 0.6 is 0 Å². The average molecular weight is 483 g/mol. The summed E-state index contributed by atoms with van der Waals surface area (Å²) >= 11 is 0. The number of fused-ring (bicyclic) bond motifs is 3. The van der Waals surface area contributed by atoms with Crippen molar-refractivity contribution in [2.24, 2.45) is 27.6 Å². The van der Waals surface area contributed by atoms with Crippen LogP contribution in [-0.4, -0.2) is 40.5 Å². The Balaban J connectivity index is 1.61. The Kier molecular flexibility index (Phi) is 4.26. The zero-order valence-electron chi connectivity index (χ0n) is 21.3. The number of aliphatic hydroxyl groups excluding tert-OH is 1. The molecule has 1 spiro atoms. The van der Waals surface area contributed by atoms with Crippen LogP contribution in [0.15, 0.2) is 34.3 Å². The van der Waals surface area contributed by atoms with Crippen molar-refractivity contribution in [1.29, 1.82) is 0 Å². The number of ketones is 2. The molecule has 0 radical (unpaired) electrons. The van der Waals surface area contributed by atoms with Crippen molar-refractivity contribution in [3.63, 3.8) is 0 Å². The Labute approximate surface area is 205 Å². The molecule has 6 rings (SSSR count). The molecule has 0 bridgehead atoms. The molecular weight excluding hydrogens is 448 g/mol. The van der Waals surface area contributed by atoms with Crippen molar-refractivity contribution in [2.45, 2.75) is 91.0 Å². The van der Waals surface area contributed by atoms with E-state index in [0.717, 1.165) is 12.0 Å². The number of allylic oxidation sites excluding steroid dienone is 2. The Morgan fingerprint density at radius 1 is 1.17 bits per heavy atom. The quantitative estimate of drug-likeness (QED) is 0.483. The van der Waals surface area contributed by atoms with Crippen LogP contribution in [0.1, 0.15) is 78.7 Å². The number of aliphatic hydroxyl groups is 1.